The van der Waals surface area contributed by atoms with E-state index in [1.54, 1.807) is 0 Å². The molecule has 0 bridgehead atoms. The SMILES string of the molecule is c1ccc(-c2nc(-c3ccc4c5ccccc5c5ccccc5c4c3)nc(-c3cccc4oc5ccc(-c6cccc7sc8cc(-n9c%10ccccc%10c%10ccccc%109)ccc8c67)cc5c34)n2)cc1. The van der Waals surface area contributed by atoms with Crippen LogP contribution in [-0.2, 0) is 0 Å². The largest absolute Gasteiger partial charge is 0.456 e. The lowest BCUT2D eigenvalue weighted by Crippen LogP contribution is -2.00. The predicted octanol–water partition coefficient (Wildman–Crippen LogP) is 17.4. The number of rotatable bonds is 5. The van der Waals surface area contributed by atoms with Crippen molar-refractivity contribution >= 4 is 108 Å². The zero-order valence-electron chi connectivity index (χ0n) is 36.9. The van der Waals surface area contributed by atoms with Crippen LogP contribution in [-0.4, -0.2) is 19.5 Å². The Kier molecular flexibility index (Phi) is 8.17. The highest BCUT2D eigenvalue weighted by Gasteiger charge is 2.21. The highest BCUT2D eigenvalue weighted by Crippen LogP contribution is 2.45. The van der Waals surface area contributed by atoms with Crippen LogP contribution in [0.15, 0.2) is 223 Å². The lowest BCUT2D eigenvalue weighted by molar-refractivity contribution is 0.669. The van der Waals surface area contributed by atoms with Gasteiger partial charge in [0.1, 0.15) is 11.2 Å². The quantitative estimate of drug-likeness (QED) is 0.162. The maximum Gasteiger partial charge on any atom is 0.164 e. The summed E-state index contributed by atoms with van der Waals surface area (Å²) < 4.78 is 11.5. The highest BCUT2D eigenvalue weighted by atomic mass is 32.1. The number of nitrogens with zero attached hydrogens (tertiary/aromatic N) is 4. The van der Waals surface area contributed by atoms with Crippen LogP contribution < -0.4 is 0 Å². The third-order valence-electron chi connectivity index (χ3n) is 14.0. The standard InChI is InChI=1S/C63H36N4OS/c1-2-14-37(15-3-1)61-64-62(39-28-31-46-44-18-5-4-16-42(44)43-17-6-7-19-45(43)51(46)35-39)66-63(65-61)50-23-12-26-56-59(50)52-34-38(29-33-55(52)68-56)41-22-13-27-57-60(41)49-32-30-40(36-58(49)69-57)67-53-24-10-8-20-47(53)48-21-9-11-25-54(48)67/h1-36H. The summed E-state index contributed by atoms with van der Waals surface area (Å²) in [6.07, 6.45) is 0. The summed E-state index contributed by atoms with van der Waals surface area (Å²) >= 11 is 1.85. The molecule has 5 nitrogen and oxygen atoms in total. The predicted molar refractivity (Wildman–Crippen MR) is 289 cm³/mol. The molecule has 0 N–H and O–H groups in total. The van der Waals surface area contributed by atoms with Gasteiger partial charge in [-0.15, -0.1) is 11.3 Å². The van der Waals surface area contributed by atoms with Gasteiger partial charge in [0.2, 0.25) is 0 Å². The molecule has 11 aromatic carbocycles. The Morgan fingerprint density at radius 1 is 0.319 bits per heavy atom. The lowest BCUT2D eigenvalue weighted by atomic mass is 9.93. The normalized spacial score (nSPS) is 12.1. The van der Waals surface area contributed by atoms with Crippen LogP contribution >= 0.6 is 11.3 Å². The number of furan rings is 1. The van der Waals surface area contributed by atoms with Crippen LogP contribution in [0.3, 0.4) is 0 Å². The number of thiophene rings is 1. The molecule has 4 heterocycles. The highest BCUT2D eigenvalue weighted by molar-refractivity contribution is 7.26. The van der Waals surface area contributed by atoms with Crippen molar-refractivity contribution in [2.75, 3.05) is 0 Å². The second-order valence-corrected chi connectivity index (χ2v) is 18.9. The molecule has 0 aliphatic heterocycles. The van der Waals surface area contributed by atoms with E-state index in [0.717, 1.165) is 55.3 Å². The van der Waals surface area contributed by atoms with Gasteiger partial charge in [0.25, 0.3) is 0 Å². The minimum absolute atomic E-state index is 0.589. The van der Waals surface area contributed by atoms with Gasteiger partial charge in [0.15, 0.2) is 17.5 Å². The van der Waals surface area contributed by atoms with Gasteiger partial charge in [-0.1, -0.05) is 164 Å². The van der Waals surface area contributed by atoms with Crippen LogP contribution in [0.2, 0.25) is 0 Å². The van der Waals surface area contributed by atoms with Crippen molar-refractivity contribution in [2.24, 2.45) is 0 Å². The van der Waals surface area contributed by atoms with Gasteiger partial charge in [-0.05, 0) is 98.0 Å². The molecule has 0 saturated heterocycles. The van der Waals surface area contributed by atoms with Crippen LogP contribution in [0.5, 0.6) is 0 Å². The van der Waals surface area contributed by atoms with Gasteiger partial charge in [0, 0.05) is 64.1 Å². The van der Waals surface area contributed by atoms with Gasteiger partial charge in [0.05, 0.1) is 11.0 Å². The van der Waals surface area contributed by atoms with Gasteiger partial charge in [-0.25, -0.2) is 15.0 Å². The first-order chi connectivity index (χ1) is 34.2. The Hall–Kier alpha value is -8.97. The molecule has 0 unspecified atom stereocenters. The smallest absolute Gasteiger partial charge is 0.164 e. The van der Waals surface area contributed by atoms with Gasteiger partial charge >= 0.3 is 0 Å². The number of para-hydroxylation sites is 2. The first-order valence-electron chi connectivity index (χ1n) is 23.3. The maximum atomic E-state index is 6.64. The molecular weight excluding hydrogens is 861 g/mol. The fourth-order valence-electron chi connectivity index (χ4n) is 11.0. The van der Waals surface area contributed by atoms with Gasteiger partial charge < -0.3 is 8.98 Å². The first kappa shape index (κ1) is 38.2. The minimum Gasteiger partial charge on any atom is -0.456 e. The Labute approximate surface area is 398 Å². The van der Waals surface area contributed by atoms with E-state index in [2.05, 4.69) is 193 Å². The molecule has 15 aromatic rings. The van der Waals surface area contributed by atoms with Crippen molar-refractivity contribution in [3.05, 3.63) is 218 Å². The molecule has 0 saturated carbocycles. The fraction of sp³-hybridized carbons (Fsp3) is 0. The Morgan fingerprint density at radius 3 is 1.62 bits per heavy atom. The second kappa shape index (κ2) is 14.8. The molecule has 6 heteroatoms. The summed E-state index contributed by atoms with van der Waals surface area (Å²) in [7, 11) is 0. The van der Waals surface area contributed by atoms with E-state index in [4.69, 9.17) is 19.4 Å². The van der Waals surface area contributed by atoms with Crippen LogP contribution in [0, 0.1) is 0 Å². The van der Waals surface area contributed by atoms with Crippen LogP contribution in [0.4, 0.5) is 0 Å². The molecule has 4 aromatic heterocycles. The monoisotopic (exact) mass is 896 g/mol. The molecule has 0 atom stereocenters. The molecule has 320 valence electrons. The van der Waals surface area contributed by atoms with Crippen molar-refractivity contribution in [1.29, 1.82) is 0 Å². The van der Waals surface area contributed by atoms with E-state index in [0.29, 0.717) is 17.5 Å². The topological polar surface area (TPSA) is 56.7 Å². The Morgan fingerprint density at radius 2 is 0.884 bits per heavy atom. The molecule has 0 fully saturated rings. The van der Waals surface area contributed by atoms with E-state index >= 15 is 0 Å². The fourth-order valence-corrected chi connectivity index (χ4v) is 12.1. The number of hydrogen-bond donors (Lipinski definition) is 0. The van der Waals surface area contributed by atoms with Crippen molar-refractivity contribution < 1.29 is 4.42 Å². The minimum atomic E-state index is 0.589. The Balaban J connectivity index is 0.899. The first-order valence-corrected chi connectivity index (χ1v) is 24.1. The zero-order valence-corrected chi connectivity index (χ0v) is 37.7. The summed E-state index contributed by atoms with van der Waals surface area (Å²) in [5, 5.41) is 14.3. The molecular formula is C63H36N4OS. The molecule has 15 rings (SSSR count). The maximum absolute atomic E-state index is 6.64. The third kappa shape index (κ3) is 5.79. The zero-order chi connectivity index (χ0) is 45.2. The summed E-state index contributed by atoms with van der Waals surface area (Å²) in [6.45, 7) is 0. The molecule has 0 amide bonds. The van der Waals surface area contributed by atoms with Crippen molar-refractivity contribution in [3.63, 3.8) is 0 Å². The number of benzene rings is 11. The van der Waals surface area contributed by atoms with Crippen LogP contribution in [0.25, 0.3) is 147 Å². The van der Waals surface area contributed by atoms with Crippen LogP contribution in [0.1, 0.15) is 0 Å². The summed E-state index contributed by atoms with van der Waals surface area (Å²) in [5.41, 5.74) is 10.2. The molecule has 69 heavy (non-hydrogen) atoms. The molecule has 0 spiro atoms. The summed E-state index contributed by atoms with van der Waals surface area (Å²) in [5.74, 6) is 1.81. The van der Waals surface area contributed by atoms with Gasteiger partial charge in [-0.2, -0.15) is 0 Å². The third-order valence-corrected chi connectivity index (χ3v) is 15.2. The van der Waals surface area contributed by atoms with E-state index in [1.807, 2.05) is 41.7 Å². The van der Waals surface area contributed by atoms with E-state index < -0.39 is 0 Å². The number of hydrogen-bond acceptors (Lipinski definition) is 5. The number of aromatic nitrogens is 4. The molecule has 0 aliphatic rings. The van der Waals surface area contributed by atoms with Crippen molar-refractivity contribution in [3.8, 4) is 51.0 Å². The van der Waals surface area contributed by atoms with Gasteiger partial charge in [-0.3, -0.25) is 0 Å². The second-order valence-electron chi connectivity index (χ2n) is 17.8. The van der Waals surface area contributed by atoms with Crippen molar-refractivity contribution in [2.45, 2.75) is 0 Å². The van der Waals surface area contributed by atoms with E-state index in [1.165, 1.54) is 74.5 Å². The van der Waals surface area contributed by atoms with Crippen molar-refractivity contribution in [1.82, 2.24) is 19.5 Å². The van der Waals surface area contributed by atoms with E-state index in [-0.39, 0.29) is 0 Å². The summed E-state index contributed by atoms with van der Waals surface area (Å²) in [6, 6.07) is 77.9. The Bertz CT molecular complexity index is 4530. The number of fused-ring (bicyclic) bond motifs is 15. The summed E-state index contributed by atoms with van der Waals surface area (Å²) in [4.78, 5) is 15.7. The molecule has 0 aliphatic carbocycles. The lowest BCUT2D eigenvalue weighted by Gasteiger charge is -2.13. The average Bonchev–Trinajstić information content (AvgIpc) is 4.10. The van der Waals surface area contributed by atoms with E-state index in [9.17, 15) is 0 Å². The average molecular weight is 897 g/mol. The molecule has 0 radical (unpaired) electrons.